The van der Waals surface area contributed by atoms with Gasteiger partial charge in [-0.1, -0.05) is 0 Å². The number of hydrogen-bond donors (Lipinski definition) is 2. The summed E-state index contributed by atoms with van der Waals surface area (Å²) >= 11 is 0. The van der Waals surface area contributed by atoms with Crippen LogP contribution in [0.4, 0.5) is 17.2 Å². The molecule has 2 aromatic rings. The normalized spacial score (nSPS) is 11.0. The van der Waals surface area contributed by atoms with Crippen molar-refractivity contribution in [2.45, 2.75) is 0 Å². The minimum absolute atomic E-state index is 0.204. The minimum Gasteiger partial charge on any atom is -0.352 e. The fourth-order valence-corrected chi connectivity index (χ4v) is 2.34. The molecule has 0 fully saturated rings. The number of nitrogens with one attached hydrogen (secondary N) is 2. The lowest BCUT2D eigenvalue weighted by atomic mass is 10.2. The number of carbonyl (C=O) groups is 1. The van der Waals surface area contributed by atoms with E-state index in [-0.39, 0.29) is 11.4 Å². The van der Waals surface area contributed by atoms with Gasteiger partial charge in [-0.2, -0.15) is 0 Å². The third kappa shape index (κ3) is 3.97. The van der Waals surface area contributed by atoms with E-state index in [4.69, 9.17) is 0 Å². The molecule has 0 atom stereocenters. The highest BCUT2D eigenvalue weighted by molar-refractivity contribution is 7.92. The van der Waals surface area contributed by atoms with Crippen molar-refractivity contribution in [2.75, 3.05) is 30.0 Å². The molecule has 0 aliphatic rings. The highest BCUT2D eigenvalue weighted by Gasteiger charge is 2.19. The van der Waals surface area contributed by atoms with Crippen molar-refractivity contribution in [3.05, 3.63) is 42.4 Å². The predicted octanol–water partition coefficient (Wildman–Crippen LogP) is 0.907. The Bertz CT molecular complexity index is 841. The number of anilines is 3. The van der Waals surface area contributed by atoms with Gasteiger partial charge in [0.1, 0.15) is 0 Å². The van der Waals surface area contributed by atoms with Crippen molar-refractivity contribution < 1.29 is 18.0 Å². The van der Waals surface area contributed by atoms with Gasteiger partial charge in [0.2, 0.25) is 10.0 Å². The summed E-state index contributed by atoms with van der Waals surface area (Å²) in [6, 6.07) is 4.89. The zero-order valence-electron chi connectivity index (χ0n) is 13.3. The monoisotopic (exact) mass is 351 g/mol. The molecule has 2 aromatic heterocycles. The van der Waals surface area contributed by atoms with Gasteiger partial charge in [0.25, 0.3) is 5.91 Å². The molecule has 0 bridgehead atoms. The van der Waals surface area contributed by atoms with Crippen molar-refractivity contribution in [1.29, 1.82) is 0 Å². The molecule has 0 aliphatic heterocycles. The molecule has 0 unspecified atom stereocenters. The number of hydroxylamine groups is 1. The highest BCUT2D eigenvalue weighted by Crippen LogP contribution is 2.28. The summed E-state index contributed by atoms with van der Waals surface area (Å²) in [6.45, 7) is 0. The minimum atomic E-state index is -3.49. The van der Waals surface area contributed by atoms with Crippen molar-refractivity contribution in [2.24, 2.45) is 0 Å². The molecule has 0 aromatic carbocycles. The quantitative estimate of drug-likeness (QED) is 0.744. The second-order valence-corrected chi connectivity index (χ2v) is 6.80. The Morgan fingerprint density at radius 1 is 1.25 bits per heavy atom. The van der Waals surface area contributed by atoms with Crippen LogP contribution in [0, 0.1) is 0 Å². The van der Waals surface area contributed by atoms with Crippen LogP contribution in [0.25, 0.3) is 0 Å². The van der Waals surface area contributed by atoms with Crippen molar-refractivity contribution in [3.8, 4) is 0 Å². The molecular formula is C14H17N5O4S. The summed E-state index contributed by atoms with van der Waals surface area (Å²) in [6.07, 6.45) is 5.43. The fraction of sp³-hybridized carbons (Fsp3) is 0.214. The number of nitrogens with zero attached hydrogens (tertiary/aromatic N) is 3. The van der Waals surface area contributed by atoms with E-state index in [9.17, 15) is 13.2 Å². The van der Waals surface area contributed by atoms with Gasteiger partial charge in [0, 0.05) is 25.6 Å². The van der Waals surface area contributed by atoms with Crippen LogP contribution in [-0.4, -0.2) is 44.7 Å². The standard InChI is InChI=1S/C14H17N5O4S/c1-19(24(3,21)22)13-12(5-4-7-16-13)17-11-6-8-15-9-10(11)14(20)18-23-2/h4-9H,1-3H3,(H,15,17)(H,18,20). The van der Waals surface area contributed by atoms with E-state index in [1.807, 2.05) is 0 Å². The lowest BCUT2D eigenvalue weighted by Crippen LogP contribution is -2.26. The smallest absolute Gasteiger partial charge is 0.278 e. The Kier molecular flexibility index (Phi) is 5.31. The number of amides is 1. The Hall–Kier alpha value is -2.72. The molecule has 0 saturated heterocycles. The van der Waals surface area contributed by atoms with E-state index < -0.39 is 15.9 Å². The molecule has 0 spiro atoms. The SMILES string of the molecule is CONC(=O)c1cnccc1Nc1cccnc1N(C)S(C)(=O)=O. The number of rotatable bonds is 6. The molecule has 2 heterocycles. The summed E-state index contributed by atoms with van der Waals surface area (Å²) in [5.74, 6) is -0.287. The molecule has 2 N–H and O–H groups in total. The van der Waals surface area contributed by atoms with Crippen LogP contribution in [-0.2, 0) is 14.9 Å². The number of carbonyl (C=O) groups excluding carboxylic acids is 1. The Labute approximate surface area is 139 Å². The first-order valence-electron chi connectivity index (χ1n) is 6.78. The molecule has 24 heavy (non-hydrogen) atoms. The average molecular weight is 351 g/mol. The van der Waals surface area contributed by atoms with Crippen LogP contribution in [0.15, 0.2) is 36.8 Å². The third-order valence-corrected chi connectivity index (χ3v) is 4.28. The zero-order valence-corrected chi connectivity index (χ0v) is 14.2. The average Bonchev–Trinajstić information content (AvgIpc) is 2.54. The Balaban J connectivity index is 2.42. The highest BCUT2D eigenvalue weighted by atomic mass is 32.2. The number of pyridine rings is 2. The van der Waals surface area contributed by atoms with Crippen molar-refractivity contribution in [1.82, 2.24) is 15.4 Å². The Morgan fingerprint density at radius 3 is 2.67 bits per heavy atom. The van der Waals surface area contributed by atoms with Gasteiger partial charge in [-0.05, 0) is 18.2 Å². The summed E-state index contributed by atoms with van der Waals surface area (Å²) < 4.78 is 24.6. The van der Waals surface area contributed by atoms with Crippen LogP contribution in [0.5, 0.6) is 0 Å². The zero-order chi connectivity index (χ0) is 17.7. The fourth-order valence-electron chi connectivity index (χ4n) is 1.88. The lowest BCUT2D eigenvalue weighted by molar-refractivity contribution is 0.0538. The first kappa shape index (κ1) is 17.6. The van der Waals surface area contributed by atoms with E-state index in [1.165, 1.54) is 32.7 Å². The molecule has 0 aliphatic carbocycles. The maximum Gasteiger partial charge on any atom is 0.278 e. The van der Waals surface area contributed by atoms with E-state index in [2.05, 4.69) is 25.6 Å². The first-order valence-corrected chi connectivity index (χ1v) is 8.62. The maximum absolute atomic E-state index is 12.0. The first-order chi connectivity index (χ1) is 11.3. The lowest BCUT2D eigenvalue weighted by Gasteiger charge is -2.20. The second-order valence-electron chi connectivity index (χ2n) is 4.79. The number of aromatic nitrogens is 2. The topological polar surface area (TPSA) is 114 Å². The van der Waals surface area contributed by atoms with E-state index in [0.29, 0.717) is 11.4 Å². The van der Waals surface area contributed by atoms with E-state index in [0.717, 1.165) is 10.6 Å². The van der Waals surface area contributed by atoms with Gasteiger partial charge >= 0.3 is 0 Å². The molecule has 128 valence electrons. The van der Waals surface area contributed by atoms with Crippen molar-refractivity contribution >= 4 is 33.1 Å². The predicted molar refractivity (Wildman–Crippen MR) is 89.5 cm³/mol. The summed E-state index contributed by atoms with van der Waals surface area (Å²) in [7, 11) is -0.769. The summed E-state index contributed by atoms with van der Waals surface area (Å²) in [5.41, 5.74) is 3.29. The molecule has 0 radical (unpaired) electrons. The second kappa shape index (κ2) is 7.23. The molecular weight excluding hydrogens is 334 g/mol. The van der Waals surface area contributed by atoms with Gasteiger partial charge in [-0.25, -0.2) is 18.9 Å². The largest absolute Gasteiger partial charge is 0.352 e. The van der Waals surface area contributed by atoms with Gasteiger partial charge in [-0.3, -0.25) is 18.9 Å². The molecule has 2 rings (SSSR count). The number of hydrogen-bond acceptors (Lipinski definition) is 7. The van der Waals surface area contributed by atoms with Crippen molar-refractivity contribution in [3.63, 3.8) is 0 Å². The summed E-state index contributed by atoms with van der Waals surface area (Å²) in [4.78, 5) is 24.6. The molecule has 1 amide bonds. The van der Waals surface area contributed by atoms with Gasteiger partial charge < -0.3 is 5.32 Å². The Morgan fingerprint density at radius 2 is 2.00 bits per heavy atom. The van der Waals surface area contributed by atoms with Crippen LogP contribution in [0.2, 0.25) is 0 Å². The van der Waals surface area contributed by atoms with Gasteiger partial charge in [0.15, 0.2) is 5.82 Å². The van der Waals surface area contributed by atoms with Crippen LogP contribution >= 0.6 is 0 Å². The van der Waals surface area contributed by atoms with Crippen LogP contribution < -0.4 is 15.1 Å². The van der Waals surface area contributed by atoms with E-state index >= 15 is 0 Å². The molecule has 0 saturated carbocycles. The number of sulfonamides is 1. The molecule has 9 nitrogen and oxygen atoms in total. The van der Waals surface area contributed by atoms with E-state index in [1.54, 1.807) is 18.2 Å². The molecule has 10 heteroatoms. The third-order valence-electron chi connectivity index (χ3n) is 3.11. The summed E-state index contributed by atoms with van der Waals surface area (Å²) in [5, 5.41) is 3.01. The van der Waals surface area contributed by atoms with Crippen LogP contribution in [0.1, 0.15) is 10.4 Å². The van der Waals surface area contributed by atoms with Gasteiger partial charge in [0.05, 0.1) is 30.3 Å². The van der Waals surface area contributed by atoms with Crippen LogP contribution in [0.3, 0.4) is 0 Å². The maximum atomic E-state index is 12.0. The van der Waals surface area contributed by atoms with Gasteiger partial charge in [-0.15, -0.1) is 0 Å².